The highest BCUT2D eigenvalue weighted by atomic mass is 32.1. The molecule has 1 aromatic heterocycles. The number of amides is 1. The highest BCUT2D eigenvalue weighted by Crippen LogP contribution is 2.29. The van der Waals surface area contributed by atoms with Crippen molar-refractivity contribution in [2.24, 2.45) is 5.92 Å². The molecule has 0 aliphatic carbocycles. The van der Waals surface area contributed by atoms with E-state index in [1.807, 2.05) is 0 Å². The van der Waals surface area contributed by atoms with Gasteiger partial charge < -0.3 is 14.4 Å². The number of hydrogen-bond acceptors (Lipinski definition) is 5. The first-order valence-electron chi connectivity index (χ1n) is 7.01. The zero-order chi connectivity index (χ0) is 16.1. The van der Waals surface area contributed by atoms with Gasteiger partial charge in [-0.3, -0.25) is 9.59 Å². The first kappa shape index (κ1) is 16.7. The van der Waals surface area contributed by atoms with E-state index in [0.717, 1.165) is 11.3 Å². The van der Waals surface area contributed by atoms with Crippen LogP contribution in [0.1, 0.15) is 29.4 Å². The van der Waals surface area contributed by atoms with Gasteiger partial charge in [0.15, 0.2) is 0 Å². The Labute approximate surface area is 130 Å². The van der Waals surface area contributed by atoms with Crippen molar-refractivity contribution in [1.29, 1.82) is 0 Å². The summed E-state index contributed by atoms with van der Waals surface area (Å²) >= 11 is 1.05. The van der Waals surface area contributed by atoms with Gasteiger partial charge in [0.05, 0.1) is 12.5 Å². The molecule has 2 heterocycles. The molecule has 0 unspecified atom stereocenters. The van der Waals surface area contributed by atoms with Crippen molar-refractivity contribution in [3.63, 3.8) is 0 Å². The zero-order valence-corrected chi connectivity index (χ0v) is 12.9. The third-order valence-corrected chi connectivity index (χ3v) is 4.25. The van der Waals surface area contributed by atoms with Gasteiger partial charge in [-0.15, -0.1) is 11.3 Å². The van der Waals surface area contributed by atoms with Gasteiger partial charge in [-0.2, -0.15) is 8.78 Å². The SMILES string of the molecule is CCOC(=O)[C@@H]1CCCN(C(=O)c2sccc2OC(F)F)C1. The summed E-state index contributed by atoms with van der Waals surface area (Å²) in [6, 6.07) is 1.34. The molecule has 0 saturated carbocycles. The maximum Gasteiger partial charge on any atom is 0.387 e. The molecular formula is C14H17F2NO4S. The van der Waals surface area contributed by atoms with Crippen molar-refractivity contribution in [2.45, 2.75) is 26.4 Å². The molecule has 1 atom stereocenters. The molecule has 0 spiro atoms. The van der Waals surface area contributed by atoms with Gasteiger partial charge in [-0.25, -0.2) is 0 Å². The van der Waals surface area contributed by atoms with Crippen molar-refractivity contribution < 1.29 is 27.8 Å². The number of rotatable bonds is 5. The molecule has 22 heavy (non-hydrogen) atoms. The number of carbonyl (C=O) groups is 2. The topological polar surface area (TPSA) is 55.8 Å². The van der Waals surface area contributed by atoms with Gasteiger partial charge >= 0.3 is 12.6 Å². The van der Waals surface area contributed by atoms with Crippen LogP contribution < -0.4 is 4.74 Å². The maximum atomic E-state index is 12.4. The van der Waals surface area contributed by atoms with Crippen molar-refractivity contribution in [2.75, 3.05) is 19.7 Å². The Morgan fingerprint density at radius 1 is 1.50 bits per heavy atom. The molecule has 1 saturated heterocycles. The number of likely N-dealkylation sites (tertiary alicyclic amines) is 1. The predicted molar refractivity (Wildman–Crippen MR) is 76.2 cm³/mol. The number of carbonyl (C=O) groups excluding carboxylic acids is 2. The van der Waals surface area contributed by atoms with Gasteiger partial charge in [-0.1, -0.05) is 0 Å². The van der Waals surface area contributed by atoms with Crippen molar-refractivity contribution in [1.82, 2.24) is 4.90 Å². The highest BCUT2D eigenvalue weighted by Gasteiger charge is 2.31. The lowest BCUT2D eigenvalue weighted by molar-refractivity contribution is -0.149. The standard InChI is InChI=1S/C14H17F2NO4S/c1-2-20-13(19)9-4-3-6-17(8-9)12(18)11-10(5-7-22-11)21-14(15)16/h5,7,9,14H,2-4,6,8H2,1H3/t9-/m1/s1. The van der Waals surface area contributed by atoms with E-state index >= 15 is 0 Å². The summed E-state index contributed by atoms with van der Waals surface area (Å²) in [5.41, 5.74) is 0. The lowest BCUT2D eigenvalue weighted by atomic mass is 9.98. The van der Waals surface area contributed by atoms with Crippen LogP contribution in [0.3, 0.4) is 0 Å². The lowest BCUT2D eigenvalue weighted by Crippen LogP contribution is -2.42. The second-order valence-corrected chi connectivity index (χ2v) is 5.75. The van der Waals surface area contributed by atoms with E-state index in [1.165, 1.54) is 16.3 Å². The molecule has 122 valence electrons. The molecule has 0 N–H and O–H groups in total. The van der Waals surface area contributed by atoms with Crippen LogP contribution in [0.4, 0.5) is 8.78 Å². The minimum atomic E-state index is -2.98. The number of piperidine rings is 1. The average molecular weight is 333 g/mol. The van der Waals surface area contributed by atoms with E-state index in [1.54, 1.807) is 6.92 Å². The minimum Gasteiger partial charge on any atom is -0.466 e. The number of hydrogen-bond donors (Lipinski definition) is 0. The minimum absolute atomic E-state index is 0.122. The Hall–Kier alpha value is -1.70. The summed E-state index contributed by atoms with van der Waals surface area (Å²) in [4.78, 5) is 25.9. The fraction of sp³-hybridized carbons (Fsp3) is 0.571. The number of esters is 1. The van der Waals surface area contributed by atoms with Crippen LogP contribution in [0, 0.1) is 5.92 Å². The smallest absolute Gasteiger partial charge is 0.387 e. The molecular weight excluding hydrogens is 316 g/mol. The molecule has 0 radical (unpaired) electrons. The second kappa shape index (κ2) is 7.53. The van der Waals surface area contributed by atoms with Gasteiger partial charge in [0, 0.05) is 13.1 Å². The molecule has 1 aliphatic heterocycles. The first-order valence-corrected chi connectivity index (χ1v) is 7.89. The Balaban J connectivity index is 2.06. The molecule has 0 bridgehead atoms. The van der Waals surface area contributed by atoms with E-state index in [4.69, 9.17) is 4.74 Å². The van der Waals surface area contributed by atoms with Crippen LogP contribution in [0.2, 0.25) is 0 Å². The second-order valence-electron chi connectivity index (χ2n) is 4.83. The number of thiophene rings is 1. The van der Waals surface area contributed by atoms with Crippen LogP contribution >= 0.6 is 11.3 Å². The van der Waals surface area contributed by atoms with E-state index < -0.39 is 6.61 Å². The molecule has 8 heteroatoms. The van der Waals surface area contributed by atoms with Crippen LogP contribution in [-0.4, -0.2) is 43.1 Å². The Morgan fingerprint density at radius 3 is 2.95 bits per heavy atom. The average Bonchev–Trinajstić information content (AvgIpc) is 2.94. The predicted octanol–water partition coefficient (Wildman–Crippen LogP) is 2.76. The molecule has 2 rings (SSSR count). The van der Waals surface area contributed by atoms with Gasteiger partial charge in [-0.05, 0) is 31.2 Å². The van der Waals surface area contributed by atoms with Crippen molar-refractivity contribution in [3.8, 4) is 5.75 Å². The number of ether oxygens (including phenoxy) is 2. The monoisotopic (exact) mass is 333 g/mol. The van der Waals surface area contributed by atoms with Gasteiger partial charge in [0.1, 0.15) is 10.6 Å². The molecule has 1 aromatic rings. The van der Waals surface area contributed by atoms with E-state index in [0.29, 0.717) is 26.0 Å². The summed E-state index contributed by atoms with van der Waals surface area (Å²) in [5, 5.41) is 1.53. The quantitative estimate of drug-likeness (QED) is 0.778. The summed E-state index contributed by atoms with van der Waals surface area (Å²) in [6.07, 6.45) is 1.33. The van der Waals surface area contributed by atoms with Crippen LogP contribution in [0.15, 0.2) is 11.4 Å². The summed E-state index contributed by atoms with van der Waals surface area (Å²) < 4.78 is 34.0. The Bertz CT molecular complexity index is 535. The molecule has 1 fully saturated rings. The summed E-state index contributed by atoms with van der Waals surface area (Å²) in [6.45, 7) is -0.233. The van der Waals surface area contributed by atoms with Gasteiger partial charge in [0.25, 0.3) is 5.91 Å². The summed E-state index contributed by atoms with van der Waals surface area (Å²) in [5.74, 6) is -1.20. The van der Waals surface area contributed by atoms with Crippen molar-refractivity contribution >= 4 is 23.2 Å². The van der Waals surface area contributed by atoms with Crippen LogP contribution in [-0.2, 0) is 9.53 Å². The third kappa shape index (κ3) is 3.94. The molecule has 5 nitrogen and oxygen atoms in total. The van der Waals surface area contributed by atoms with Crippen LogP contribution in [0.5, 0.6) is 5.75 Å². The Kier molecular flexibility index (Phi) is 5.70. The maximum absolute atomic E-state index is 12.4. The normalized spacial score (nSPS) is 18.4. The van der Waals surface area contributed by atoms with E-state index in [-0.39, 0.29) is 35.0 Å². The Morgan fingerprint density at radius 2 is 2.27 bits per heavy atom. The highest BCUT2D eigenvalue weighted by molar-refractivity contribution is 7.12. The first-order chi connectivity index (χ1) is 10.5. The molecule has 0 aromatic carbocycles. The van der Waals surface area contributed by atoms with Crippen LogP contribution in [0.25, 0.3) is 0 Å². The fourth-order valence-corrected chi connectivity index (χ4v) is 3.19. The lowest BCUT2D eigenvalue weighted by Gasteiger charge is -2.31. The zero-order valence-electron chi connectivity index (χ0n) is 12.1. The molecule has 1 amide bonds. The largest absolute Gasteiger partial charge is 0.466 e. The number of halogens is 2. The molecule has 1 aliphatic rings. The third-order valence-electron chi connectivity index (χ3n) is 3.37. The number of nitrogens with zero attached hydrogens (tertiary/aromatic N) is 1. The fourth-order valence-electron chi connectivity index (χ4n) is 2.40. The van der Waals surface area contributed by atoms with Crippen molar-refractivity contribution in [3.05, 3.63) is 16.3 Å². The van der Waals surface area contributed by atoms with E-state index in [9.17, 15) is 18.4 Å². The summed E-state index contributed by atoms with van der Waals surface area (Å²) in [7, 11) is 0. The van der Waals surface area contributed by atoms with E-state index in [2.05, 4.69) is 4.74 Å². The number of alkyl halides is 2. The van der Waals surface area contributed by atoms with Gasteiger partial charge in [0.2, 0.25) is 0 Å².